The first-order chi connectivity index (χ1) is 8.63. The summed E-state index contributed by atoms with van der Waals surface area (Å²) in [5, 5.41) is 8.86. The topological polar surface area (TPSA) is 53.2 Å². The van der Waals surface area contributed by atoms with Crippen LogP contribution in [-0.4, -0.2) is 24.7 Å². The van der Waals surface area contributed by atoms with E-state index in [1.165, 1.54) is 12.1 Å². The van der Waals surface area contributed by atoms with Gasteiger partial charge in [-0.25, -0.2) is 9.18 Å². The molecule has 5 heteroatoms. The number of carbonyl (C=O) groups excluding carboxylic acids is 1. The summed E-state index contributed by atoms with van der Waals surface area (Å²) < 4.78 is 12.9. The minimum Gasteiger partial charge on any atom is -0.335 e. The smallest absolute Gasteiger partial charge is 0.319 e. The van der Waals surface area contributed by atoms with Crippen LogP contribution in [0.5, 0.6) is 0 Å². The van der Waals surface area contributed by atoms with Gasteiger partial charge in [0.15, 0.2) is 0 Å². The standard InChI is InChI=1S/C13H18FN3O/c1-9-7-12(5-6-15-9)17-13(18)16-11-4-2-3-10(14)8-11/h2-4,8-9,12,15H,5-7H2,1H3,(H2,16,17,18). The fourth-order valence-electron chi connectivity index (χ4n) is 2.18. The summed E-state index contributed by atoms with van der Waals surface area (Å²) in [5.74, 6) is -0.358. The zero-order valence-electron chi connectivity index (χ0n) is 10.4. The summed E-state index contributed by atoms with van der Waals surface area (Å²) in [6.45, 7) is 3.00. The van der Waals surface area contributed by atoms with Crippen molar-refractivity contribution < 1.29 is 9.18 Å². The van der Waals surface area contributed by atoms with E-state index in [1.54, 1.807) is 12.1 Å². The second kappa shape index (κ2) is 5.82. The molecule has 0 bridgehead atoms. The first-order valence-electron chi connectivity index (χ1n) is 6.20. The van der Waals surface area contributed by atoms with Crippen LogP contribution in [-0.2, 0) is 0 Å². The maximum Gasteiger partial charge on any atom is 0.319 e. The highest BCUT2D eigenvalue weighted by atomic mass is 19.1. The Bertz CT molecular complexity index is 424. The molecule has 1 aliphatic heterocycles. The van der Waals surface area contributed by atoms with Crippen molar-refractivity contribution >= 4 is 11.7 Å². The normalized spacial score (nSPS) is 23.4. The van der Waals surface area contributed by atoms with Gasteiger partial charge in [-0.1, -0.05) is 6.07 Å². The van der Waals surface area contributed by atoms with E-state index < -0.39 is 0 Å². The Kier molecular flexibility index (Phi) is 4.15. The molecule has 98 valence electrons. The highest BCUT2D eigenvalue weighted by molar-refractivity contribution is 5.89. The maximum atomic E-state index is 12.9. The number of nitrogens with one attached hydrogen (secondary N) is 3. The van der Waals surface area contributed by atoms with Crippen LogP contribution >= 0.6 is 0 Å². The molecule has 2 atom stereocenters. The molecule has 2 rings (SSSR count). The average molecular weight is 251 g/mol. The summed E-state index contributed by atoms with van der Waals surface area (Å²) >= 11 is 0. The van der Waals surface area contributed by atoms with Crippen LogP contribution in [0, 0.1) is 5.82 Å². The van der Waals surface area contributed by atoms with Crippen molar-refractivity contribution in [2.45, 2.75) is 31.8 Å². The Morgan fingerprint density at radius 2 is 2.33 bits per heavy atom. The molecule has 18 heavy (non-hydrogen) atoms. The van der Waals surface area contributed by atoms with Crippen LogP contribution < -0.4 is 16.0 Å². The lowest BCUT2D eigenvalue weighted by Gasteiger charge is -2.28. The first kappa shape index (κ1) is 12.8. The number of urea groups is 1. The highest BCUT2D eigenvalue weighted by Gasteiger charge is 2.19. The van der Waals surface area contributed by atoms with Gasteiger partial charge in [0.1, 0.15) is 5.82 Å². The number of benzene rings is 1. The van der Waals surface area contributed by atoms with E-state index >= 15 is 0 Å². The van der Waals surface area contributed by atoms with Crippen molar-refractivity contribution in [3.05, 3.63) is 30.1 Å². The summed E-state index contributed by atoms with van der Waals surface area (Å²) in [5.41, 5.74) is 0.467. The summed E-state index contributed by atoms with van der Waals surface area (Å²) in [6, 6.07) is 6.18. The Labute approximate surface area is 106 Å². The monoisotopic (exact) mass is 251 g/mol. The molecule has 2 unspecified atom stereocenters. The van der Waals surface area contributed by atoms with Gasteiger partial charge in [0, 0.05) is 17.8 Å². The van der Waals surface area contributed by atoms with Gasteiger partial charge >= 0.3 is 6.03 Å². The van der Waals surface area contributed by atoms with Crippen LogP contribution in [0.1, 0.15) is 19.8 Å². The largest absolute Gasteiger partial charge is 0.335 e. The van der Waals surface area contributed by atoms with E-state index in [0.717, 1.165) is 19.4 Å². The minimum absolute atomic E-state index is 0.176. The van der Waals surface area contributed by atoms with Gasteiger partial charge in [0.2, 0.25) is 0 Å². The van der Waals surface area contributed by atoms with Gasteiger partial charge < -0.3 is 16.0 Å². The lowest BCUT2D eigenvalue weighted by Crippen LogP contribution is -2.47. The number of piperidine rings is 1. The van der Waals surface area contributed by atoms with Crippen molar-refractivity contribution in [2.75, 3.05) is 11.9 Å². The molecule has 1 aromatic rings. The summed E-state index contributed by atoms with van der Waals surface area (Å²) in [4.78, 5) is 11.7. The molecule has 1 saturated heterocycles. The minimum atomic E-state index is -0.358. The molecule has 0 spiro atoms. The van der Waals surface area contributed by atoms with Crippen LogP contribution in [0.25, 0.3) is 0 Å². The van der Waals surface area contributed by atoms with Gasteiger partial charge in [0.25, 0.3) is 0 Å². The molecule has 0 saturated carbocycles. The quantitative estimate of drug-likeness (QED) is 0.754. The van der Waals surface area contributed by atoms with Gasteiger partial charge in [0.05, 0.1) is 0 Å². The SMILES string of the molecule is CC1CC(NC(=O)Nc2cccc(F)c2)CCN1. The average Bonchev–Trinajstić information content (AvgIpc) is 2.28. The summed E-state index contributed by atoms with van der Waals surface area (Å²) in [6.07, 6.45) is 1.83. The molecular weight excluding hydrogens is 233 g/mol. The number of halogens is 1. The highest BCUT2D eigenvalue weighted by Crippen LogP contribution is 2.11. The van der Waals surface area contributed by atoms with Crippen LogP contribution in [0.2, 0.25) is 0 Å². The van der Waals surface area contributed by atoms with Gasteiger partial charge in [-0.3, -0.25) is 0 Å². The third-order valence-corrected chi connectivity index (χ3v) is 3.04. The van der Waals surface area contributed by atoms with E-state index in [9.17, 15) is 9.18 Å². The second-order valence-electron chi connectivity index (χ2n) is 4.69. The van der Waals surface area contributed by atoms with Crippen molar-refractivity contribution in [3.63, 3.8) is 0 Å². The second-order valence-corrected chi connectivity index (χ2v) is 4.69. The zero-order valence-corrected chi connectivity index (χ0v) is 10.4. The Balaban J connectivity index is 1.85. The Hall–Kier alpha value is -1.62. The van der Waals surface area contributed by atoms with Crippen molar-refractivity contribution in [1.82, 2.24) is 10.6 Å². The number of hydrogen-bond donors (Lipinski definition) is 3. The molecule has 0 aliphatic carbocycles. The Morgan fingerprint density at radius 1 is 1.50 bits per heavy atom. The molecule has 2 amide bonds. The van der Waals surface area contributed by atoms with Crippen LogP contribution in [0.3, 0.4) is 0 Å². The maximum absolute atomic E-state index is 12.9. The molecule has 1 heterocycles. The number of carbonyl (C=O) groups is 1. The fourth-order valence-corrected chi connectivity index (χ4v) is 2.18. The molecule has 0 radical (unpaired) electrons. The molecule has 1 aliphatic rings. The van der Waals surface area contributed by atoms with Gasteiger partial charge in [-0.05, 0) is 44.5 Å². The van der Waals surface area contributed by atoms with Crippen molar-refractivity contribution in [3.8, 4) is 0 Å². The van der Waals surface area contributed by atoms with E-state index in [0.29, 0.717) is 11.7 Å². The molecular formula is C13H18FN3O. The predicted molar refractivity (Wildman–Crippen MR) is 69.0 cm³/mol. The number of amides is 2. The molecule has 3 N–H and O–H groups in total. The number of anilines is 1. The van der Waals surface area contributed by atoms with Crippen molar-refractivity contribution in [1.29, 1.82) is 0 Å². The number of rotatable bonds is 2. The van der Waals surface area contributed by atoms with E-state index in [4.69, 9.17) is 0 Å². The Morgan fingerprint density at radius 3 is 3.06 bits per heavy atom. The van der Waals surface area contributed by atoms with Gasteiger partial charge in [-0.15, -0.1) is 0 Å². The first-order valence-corrected chi connectivity index (χ1v) is 6.20. The van der Waals surface area contributed by atoms with E-state index in [-0.39, 0.29) is 17.9 Å². The van der Waals surface area contributed by atoms with Crippen LogP contribution in [0.4, 0.5) is 14.9 Å². The van der Waals surface area contributed by atoms with E-state index in [2.05, 4.69) is 22.9 Å². The molecule has 1 aromatic carbocycles. The third kappa shape index (κ3) is 3.70. The molecule has 0 aromatic heterocycles. The zero-order chi connectivity index (χ0) is 13.0. The lowest BCUT2D eigenvalue weighted by atomic mass is 10.0. The number of hydrogen-bond acceptors (Lipinski definition) is 2. The third-order valence-electron chi connectivity index (χ3n) is 3.04. The lowest BCUT2D eigenvalue weighted by molar-refractivity contribution is 0.242. The molecule has 4 nitrogen and oxygen atoms in total. The van der Waals surface area contributed by atoms with Gasteiger partial charge in [-0.2, -0.15) is 0 Å². The summed E-state index contributed by atoms with van der Waals surface area (Å²) in [7, 11) is 0. The van der Waals surface area contributed by atoms with Crippen molar-refractivity contribution in [2.24, 2.45) is 0 Å². The predicted octanol–water partition coefficient (Wildman–Crippen LogP) is 2.09. The van der Waals surface area contributed by atoms with E-state index in [1.807, 2.05) is 0 Å². The van der Waals surface area contributed by atoms with Crippen LogP contribution in [0.15, 0.2) is 24.3 Å². The molecule has 1 fully saturated rings. The fraction of sp³-hybridized carbons (Fsp3) is 0.462.